The van der Waals surface area contributed by atoms with E-state index in [4.69, 9.17) is 14.2 Å². The van der Waals surface area contributed by atoms with Crippen LogP contribution in [0, 0.1) is 6.92 Å². The SMILES string of the molecule is COc1cc(NC(=O)NCCCc2cnc3cc(C)nn3c2)cc(OC)c1OC. The minimum absolute atomic E-state index is 0.310. The van der Waals surface area contributed by atoms with Gasteiger partial charge in [-0.1, -0.05) is 0 Å². The summed E-state index contributed by atoms with van der Waals surface area (Å²) in [6, 6.07) is 4.97. The number of ether oxygens (including phenoxy) is 3. The number of benzene rings is 1. The number of urea groups is 1. The van der Waals surface area contributed by atoms with Crippen LogP contribution in [-0.4, -0.2) is 48.5 Å². The molecule has 2 N–H and O–H groups in total. The molecule has 2 amide bonds. The first-order valence-electron chi connectivity index (χ1n) is 9.19. The molecule has 154 valence electrons. The van der Waals surface area contributed by atoms with Gasteiger partial charge in [-0.25, -0.2) is 14.3 Å². The van der Waals surface area contributed by atoms with E-state index in [-0.39, 0.29) is 6.03 Å². The number of fused-ring (bicyclic) bond motifs is 1. The van der Waals surface area contributed by atoms with Crippen LogP contribution in [0.25, 0.3) is 5.65 Å². The van der Waals surface area contributed by atoms with Crippen LogP contribution in [0.5, 0.6) is 17.2 Å². The van der Waals surface area contributed by atoms with Gasteiger partial charge in [0.2, 0.25) is 5.75 Å². The number of hydrogen-bond acceptors (Lipinski definition) is 6. The molecular formula is C20H25N5O4. The zero-order chi connectivity index (χ0) is 20.8. The summed E-state index contributed by atoms with van der Waals surface area (Å²) in [6.45, 7) is 2.46. The van der Waals surface area contributed by atoms with E-state index in [0.717, 1.165) is 29.7 Å². The highest BCUT2D eigenvalue weighted by atomic mass is 16.5. The molecule has 0 atom stereocenters. The Balaban J connectivity index is 1.51. The Labute approximate surface area is 169 Å². The van der Waals surface area contributed by atoms with Crippen molar-refractivity contribution in [1.29, 1.82) is 0 Å². The molecule has 9 heteroatoms. The Morgan fingerprint density at radius 1 is 1.10 bits per heavy atom. The van der Waals surface area contributed by atoms with Gasteiger partial charge in [-0.15, -0.1) is 0 Å². The molecule has 1 aromatic carbocycles. The maximum absolute atomic E-state index is 12.2. The van der Waals surface area contributed by atoms with Crippen molar-refractivity contribution in [3.05, 3.63) is 41.9 Å². The molecule has 3 aromatic rings. The highest BCUT2D eigenvalue weighted by molar-refractivity contribution is 5.90. The van der Waals surface area contributed by atoms with Gasteiger partial charge < -0.3 is 24.8 Å². The van der Waals surface area contributed by atoms with Crippen molar-refractivity contribution in [2.45, 2.75) is 19.8 Å². The molecule has 0 saturated heterocycles. The predicted octanol–water partition coefficient (Wildman–Crippen LogP) is 2.82. The molecule has 0 fully saturated rings. The van der Waals surface area contributed by atoms with Crippen molar-refractivity contribution in [2.75, 3.05) is 33.2 Å². The van der Waals surface area contributed by atoms with Crippen LogP contribution in [0.2, 0.25) is 0 Å². The minimum Gasteiger partial charge on any atom is -0.493 e. The van der Waals surface area contributed by atoms with Crippen LogP contribution in [0.4, 0.5) is 10.5 Å². The van der Waals surface area contributed by atoms with Crippen molar-refractivity contribution < 1.29 is 19.0 Å². The zero-order valence-electron chi connectivity index (χ0n) is 17.0. The number of nitrogens with zero attached hydrogens (tertiary/aromatic N) is 3. The van der Waals surface area contributed by atoms with Gasteiger partial charge in [0.1, 0.15) is 0 Å². The topological polar surface area (TPSA) is 99.0 Å². The standard InChI is InChI=1S/C20H25N5O4/c1-13-8-18-22-11-14(12-25(18)24-13)6-5-7-21-20(26)23-15-9-16(27-2)19(29-4)17(10-15)28-3/h8-12H,5-7H2,1-4H3,(H2,21,23,26). The molecule has 2 heterocycles. The van der Waals surface area contributed by atoms with E-state index in [1.807, 2.05) is 25.4 Å². The van der Waals surface area contributed by atoms with Crippen molar-refractivity contribution in [3.63, 3.8) is 0 Å². The first-order chi connectivity index (χ1) is 14.0. The fourth-order valence-corrected chi connectivity index (χ4v) is 2.99. The molecular weight excluding hydrogens is 374 g/mol. The van der Waals surface area contributed by atoms with E-state index < -0.39 is 0 Å². The summed E-state index contributed by atoms with van der Waals surface area (Å²) >= 11 is 0. The summed E-state index contributed by atoms with van der Waals surface area (Å²) in [6.07, 6.45) is 5.36. The van der Waals surface area contributed by atoms with E-state index >= 15 is 0 Å². The van der Waals surface area contributed by atoms with Crippen molar-refractivity contribution >= 4 is 17.4 Å². The molecule has 0 spiro atoms. The molecule has 2 aromatic heterocycles. The summed E-state index contributed by atoms with van der Waals surface area (Å²) < 4.78 is 17.6. The van der Waals surface area contributed by atoms with Crippen molar-refractivity contribution in [3.8, 4) is 17.2 Å². The second kappa shape index (κ2) is 9.13. The molecule has 29 heavy (non-hydrogen) atoms. The van der Waals surface area contributed by atoms with E-state index in [1.54, 1.807) is 16.6 Å². The van der Waals surface area contributed by atoms with E-state index in [9.17, 15) is 4.79 Å². The highest BCUT2D eigenvalue weighted by Crippen LogP contribution is 2.39. The molecule has 0 bridgehead atoms. The monoisotopic (exact) mass is 399 g/mol. The number of aromatic nitrogens is 3. The number of rotatable bonds is 8. The lowest BCUT2D eigenvalue weighted by molar-refractivity contribution is 0.252. The summed E-state index contributed by atoms with van der Waals surface area (Å²) in [5, 5.41) is 9.98. The van der Waals surface area contributed by atoms with Gasteiger partial charge in [-0.05, 0) is 25.3 Å². The number of anilines is 1. The van der Waals surface area contributed by atoms with Crippen LogP contribution in [-0.2, 0) is 6.42 Å². The first kappa shape index (κ1) is 20.2. The Bertz CT molecular complexity index is 977. The molecule has 0 aliphatic heterocycles. The first-order valence-corrected chi connectivity index (χ1v) is 9.19. The third-order valence-electron chi connectivity index (χ3n) is 4.34. The van der Waals surface area contributed by atoms with Crippen molar-refractivity contribution in [2.24, 2.45) is 0 Å². The van der Waals surface area contributed by atoms with Crippen molar-refractivity contribution in [1.82, 2.24) is 19.9 Å². The van der Waals surface area contributed by atoms with Gasteiger partial charge in [-0.3, -0.25) is 0 Å². The molecule has 0 saturated carbocycles. The number of carbonyl (C=O) groups excluding carboxylic acids is 1. The normalized spacial score (nSPS) is 10.6. The van der Waals surface area contributed by atoms with E-state index in [1.165, 1.54) is 21.3 Å². The molecule has 3 rings (SSSR count). The van der Waals surface area contributed by atoms with Crippen LogP contribution < -0.4 is 24.8 Å². The summed E-state index contributed by atoms with van der Waals surface area (Å²) in [5.41, 5.74) is 3.36. The Morgan fingerprint density at radius 3 is 2.48 bits per heavy atom. The Hall–Kier alpha value is -3.49. The lowest BCUT2D eigenvalue weighted by atomic mass is 10.2. The lowest BCUT2D eigenvalue weighted by Gasteiger charge is -2.15. The largest absolute Gasteiger partial charge is 0.493 e. The van der Waals surface area contributed by atoms with Gasteiger partial charge in [0.05, 0.1) is 32.7 Å². The third kappa shape index (κ3) is 4.87. The van der Waals surface area contributed by atoms with Crippen LogP contribution in [0.3, 0.4) is 0 Å². The van der Waals surface area contributed by atoms with Gasteiger partial charge in [0, 0.05) is 37.1 Å². The minimum atomic E-state index is -0.310. The number of methoxy groups -OCH3 is 3. The Morgan fingerprint density at radius 2 is 1.83 bits per heavy atom. The zero-order valence-corrected chi connectivity index (χ0v) is 17.0. The molecule has 9 nitrogen and oxygen atoms in total. The maximum Gasteiger partial charge on any atom is 0.319 e. The molecule has 0 radical (unpaired) electrons. The average Bonchev–Trinajstić information content (AvgIpc) is 3.09. The van der Waals surface area contributed by atoms with E-state index in [0.29, 0.717) is 29.5 Å². The summed E-state index contributed by atoms with van der Waals surface area (Å²) in [7, 11) is 4.58. The summed E-state index contributed by atoms with van der Waals surface area (Å²) in [5.74, 6) is 1.41. The van der Waals surface area contributed by atoms with Crippen LogP contribution in [0.15, 0.2) is 30.6 Å². The van der Waals surface area contributed by atoms with Gasteiger partial charge in [-0.2, -0.15) is 5.10 Å². The second-order valence-electron chi connectivity index (χ2n) is 6.45. The molecule has 0 aliphatic rings. The smallest absolute Gasteiger partial charge is 0.319 e. The van der Waals surface area contributed by atoms with E-state index in [2.05, 4.69) is 20.7 Å². The Kier molecular flexibility index (Phi) is 6.38. The fraction of sp³-hybridized carbons (Fsp3) is 0.350. The average molecular weight is 399 g/mol. The number of amides is 2. The fourth-order valence-electron chi connectivity index (χ4n) is 2.99. The van der Waals surface area contributed by atoms with Gasteiger partial charge in [0.15, 0.2) is 17.1 Å². The molecule has 0 aliphatic carbocycles. The second-order valence-corrected chi connectivity index (χ2v) is 6.45. The summed E-state index contributed by atoms with van der Waals surface area (Å²) in [4.78, 5) is 16.6. The highest BCUT2D eigenvalue weighted by Gasteiger charge is 2.14. The number of nitrogens with one attached hydrogen (secondary N) is 2. The molecule has 0 unspecified atom stereocenters. The predicted molar refractivity (Wildman–Crippen MR) is 109 cm³/mol. The quantitative estimate of drug-likeness (QED) is 0.565. The lowest BCUT2D eigenvalue weighted by Crippen LogP contribution is -2.29. The van der Waals surface area contributed by atoms with Crippen LogP contribution >= 0.6 is 0 Å². The van der Waals surface area contributed by atoms with Gasteiger partial charge >= 0.3 is 6.03 Å². The third-order valence-corrected chi connectivity index (χ3v) is 4.34. The van der Waals surface area contributed by atoms with Crippen LogP contribution in [0.1, 0.15) is 17.7 Å². The number of aryl methyl sites for hydroxylation is 2. The number of hydrogen-bond donors (Lipinski definition) is 2. The van der Waals surface area contributed by atoms with Gasteiger partial charge in [0.25, 0.3) is 0 Å². The maximum atomic E-state index is 12.2. The number of carbonyl (C=O) groups is 1.